The molecule has 4 rings (SSSR count). The van der Waals surface area contributed by atoms with Crippen LogP contribution in [0.2, 0.25) is 5.02 Å². The van der Waals surface area contributed by atoms with Crippen LogP contribution < -0.4 is 10.1 Å². The first-order valence-electron chi connectivity index (χ1n) is 10.7. The summed E-state index contributed by atoms with van der Waals surface area (Å²) >= 11 is 7.50. The van der Waals surface area contributed by atoms with Crippen LogP contribution in [-0.4, -0.2) is 47.2 Å². The van der Waals surface area contributed by atoms with Crippen molar-refractivity contribution in [3.8, 4) is 5.75 Å². The summed E-state index contributed by atoms with van der Waals surface area (Å²) in [5, 5.41) is 4.43. The molecule has 32 heavy (non-hydrogen) atoms. The van der Waals surface area contributed by atoms with Gasteiger partial charge in [-0.25, -0.2) is 0 Å². The van der Waals surface area contributed by atoms with Crippen LogP contribution in [0.15, 0.2) is 53.6 Å². The minimum absolute atomic E-state index is 0.146. The van der Waals surface area contributed by atoms with Crippen LogP contribution in [0.25, 0.3) is 10.9 Å². The van der Waals surface area contributed by atoms with Crippen molar-refractivity contribution in [3.63, 3.8) is 0 Å². The zero-order valence-corrected chi connectivity index (χ0v) is 19.5. The van der Waals surface area contributed by atoms with Gasteiger partial charge in [0.05, 0.1) is 18.6 Å². The Kier molecular flexibility index (Phi) is 7.27. The minimum atomic E-state index is -0.156. The highest BCUT2D eigenvalue weighted by Gasteiger charge is 2.19. The second kappa shape index (κ2) is 10.3. The van der Waals surface area contributed by atoms with E-state index in [4.69, 9.17) is 16.3 Å². The van der Waals surface area contributed by atoms with E-state index in [1.54, 1.807) is 25.3 Å². The van der Waals surface area contributed by atoms with Crippen molar-refractivity contribution >= 4 is 51.8 Å². The number of nitrogens with zero attached hydrogens (tertiary/aromatic N) is 2. The number of ether oxygens (including phenoxy) is 1. The molecule has 0 aliphatic carbocycles. The Balaban J connectivity index is 1.46. The molecule has 1 aliphatic heterocycles. The largest absolute Gasteiger partial charge is 0.495 e. The van der Waals surface area contributed by atoms with E-state index in [9.17, 15) is 9.59 Å². The predicted molar refractivity (Wildman–Crippen MR) is 130 cm³/mol. The van der Waals surface area contributed by atoms with E-state index in [0.717, 1.165) is 41.7 Å². The fourth-order valence-electron chi connectivity index (χ4n) is 3.96. The molecule has 2 amide bonds. The molecule has 0 bridgehead atoms. The lowest BCUT2D eigenvalue weighted by Gasteiger charge is -2.27. The number of piperidine rings is 1. The van der Waals surface area contributed by atoms with Crippen molar-refractivity contribution < 1.29 is 14.3 Å². The zero-order valence-electron chi connectivity index (χ0n) is 18.0. The van der Waals surface area contributed by atoms with Gasteiger partial charge in [0.1, 0.15) is 12.3 Å². The summed E-state index contributed by atoms with van der Waals surface area (Å²) < 4.78 is 7.29. The second-order valence-electron chi connectivity index (χ2n) is 7.76. The number of carbonyl (C=O) groups is 2. The number of methoxy groups -OCH3 is 1. The van der Waals surface area contributed by atoms with Gasteiger partial charge in [-0.2, -0.15) is 0 Å². The number of halogens is 1. The number of hydrogen-bond donors (Lipinski definition) is 1. The molecule has 0 atom stereocenters. The Morgan fingerprint density at radius 1 is 1.12 bits per heavy atom. The number of hydrogen-bond acceptors (Lipinski definition) is 4. The molecular weight excluding hydrogens is 446 g/mol. The topological polar surface area (TPSA) is 63.6 Å². The molecule has 2 heterocycles. The first-order valence-corrected chi connectivity index (χ1v) is 12.0. The van der Waals surface area contributed by atoms with Crippen LogP contribution in [-0.2, 0) is 16.1 Å². The molecule has 168 valence electrons. The summed E-state index contributed by atoms with van der Waals surface area (Å²) in [4.78, 5) is 28.3. The van der Waals surface area contributed by atoms with Crippen molar-refractivity contribution in [2.45, 2.75) is 30.7 Å². The fourth-order valence-corrected chi connectivity index (χ4v) is 5.02. The average Bonchev–Trinajstić information content (AvgIpc) is 3.16. The average molecular weight is 472 g/mol. The quantitative estimate of drug-likeness (QED) is 0.490. The van der Waals surface area contributed by atoms with E-state index >= 15 is 0 Å². The van der Waals surface area contributed by atoms with E-state index in [-0.39, 0.29) is 17.6 Å². The van der Waals surface area contributed by atoms with Gasteiger partial charge in [0, 0.05) is 40.1 Å². The van der Waals surface area contributed by atoms with Gasteiger partial charge in [-0.3, -0.25) is 9.59 Å². The zero-order chi connectivity index (χ0) is 22.5. The smallest absolute Gasteiger partial charge is 0.242 e. The van der Waals surface area contributed by atoms with E-state index in [1.165, 1.54) is 18.2 Å². The highest BCUT2D eigenvalue weighted by molar-refractivity contribution is 8.00. The Morgan fingerprint density at radius 3 is 2.69 bits per heavy atom. The van der Waals surface area contributed by atoms with Gasteiger partial charge in [0.15, 0.2) is 0 Å². The van der Waals surface area contributed by atoms with Crippen molar-refractivity contribution in [1.29, 1.82) is 0 Å². The third-order valence-corrected chi connectivity index (χ3v) is 6.84. The molecule has 1 N–H and O–H groups in total. The van der Waals surface area contributed by atoms with E-state index in [0.29, 0.717) is 23.0 Å². The molecule has 0 saturated carbocycles. The van der Waals surface area contributed by atoms with Gasteiger partial charge in [-0.1, -0.05) is 29.8 Å². The molecule has 1 saturated heterocycles. The number of rotatable bonds is 7. The summed E-state index contributed by atoms with van der Waals surface area (Å²) in [6, 6.07) is 13.1. The second-order valence-corrected chi connectivity index (χ2v) is 9.21. The van der Waals surface area contributed by atoms with Crippen LogP contribution in [0.4, 0.5) is 5.69 Å². The van der Waals surface area contributed by atoms with Crippen LogP contribution in [0.1, 0.15) is 19.3 Å². The van der Waals surface area contributed by atoms with Crippen molar-refractivity contribution in [1.82, 2.24) is 9.47 Å². The van der Waals surface area contributed by atoms with Crippen molar-refractivity contribution in [3.05, 3.63) is 53.7 Å². The molecule has 1 aromatic heterocycles. The summed E-state index contributed by atoms with van der Waals surface area (Å²) in [5.41, 5.74) is 1.54. The maximum Gasteiger partial charge on any atom is 0.242 e. The molecule has 6 nitrogen and oxygen atoms in total. The predicted octanol–water partition coefficient (Wildman–Crippen LogP) is 5.05. The number of thioether (sulfide) groups is 1. The number of fused-ring (bicyclic) bond motifs is 1. The molecule has 1 aliphatic rings. The van der Waals surface area contributed by atoms with Gasteiger partial charge in [-0.15, -0.1) is 11.8 Å². The number of benzene rings is 2. The molecule has 0 radical (unpaired) electrons. The first-order chi connectivity index (χ1) is 15.5. The van der Waals surface area contributed by atoms with E-state index in [1.807, 2.05) is 39.9 Å². The number of anilines is 1. The lowest BCUT2D eigenvalue weighted by atomic mass is 10.1. The normalized spacial score (nSPS) is 13.9. The molecular formula is C24H26ClN3O3S. The Hall–Kier alpha value is -2.64. The number of amides is 2. The summed E-state index contributed by atoms with van der Waals surface area (Å²) in [6.45, 7) is 1.99. The number of nitrogens with one attached hydrogen (secondary N) is 1. The van der Waals surface area contributed by atoms with Crippen LogP contribution in [0.5, 0.6) is 5.75 Å². The molecule has 0 unspecified atom stereocenters. The maximum atomic E-state index is 12.8. The molecule has 0 spiro atoms. The monoisotopic (exact) mass is 471 g/mol. The fraction of sp³-hybridized carbons (Fsp3) is 0.333. The van der Waals surface area contributed by atoms with Crippen molar-refractivity contribution in [2.75, 3.05) is 31.3 Å². The lowest BCUT2D eigenvalue weighted by molar-refractivity contribution is -0.132. The molecule has 3 aromatic rings. The Bertz CT molecular complexity index is 1120. The van der Waals surface area contributed by atoms with Gasteiger partial charge < -0.3 is 19.5 Å². The first kappa shape index (κ1) is 22.6. The summed E-state index contributed by atoms with van der Waals surface area (Å²) in [6.07, 6.45) is 5.32. The SMILES string of the molecule is COc1ccc(Cl)cc1NC(=O)CSc1cn(CC(=O)N2CCCCC2)c2ccccc12. The number of likely N-dealkylation sites (tertiary alicyclic amines) is 1. The van der Waals surface area contributed by atoms with Gasteiger partial charge in [0.25, 0.3) is 0 Å². The standard InChI is InChI=1S/C24H26ClN3O3S/c1-31-21-10-9-17(25)13-19(21)26-23(29)16-32-22-14-28(20-8-4-3-7-18(20)22)15-24(30)27-11-5-2-6-12-27/h3-4,7-10,13-14H,2,5-6,11-12,15-16H2,1H3,(H,26,29). The van der Waals surface area contributed by atoms with Crippen LogP contribution >= 0.6 is 23.4 Å². The summed E-state index contributed by atoms with van der Waals surface area (Å²) in [7, 11) is 1.55. The third kappa shape index (κ3) is 5.22. The van der Waals surface area contributed by atoms with Crippen LogP contribution in [0, 0.1) is 0 Å². The molecule has 1 fully saturated rings. The lowest BCUT2D eigenvalue weighted by Crippen LogP contribution is -2.37. The summed E-state index contributed by atoms with van der Waals surface area (Å²) in [5.74, 6) is 0.772. The van der Waals surface area contributed by atoms with E-state index in [2.05, 4.69) is 5.32 Å². The molecule has 2 aromatic carbocycles. The minimum Gasteiger partial charge on any atom is -0.495 e. The maximum absolute atomic E-state index is 12.8. The van der Waals surface area contributed by atoms with Crippen LogP contribution in [0.3, 0.4) is 0 Å². The van der Waals surface area contributed by atoms with E-state index < -0.39 is 0 Å². The Morgan fingerprint density at radius 2 is 1.91 bits per heavy atom. The third-order valence-electron chi connectivity index (χ3n) is 5.56. The highest BCUT2D eigenvalue weighted by atomic mass is 35.5. The number of para-hydroxylation sites is 1. The Labute approximate surface area is 196 Å². The van der Waals surface area contributed by atoms with Crippen molar-refractivity contribution in [2.24, 2.45) is 0 Å². The number of carbonyl (C=O) groups excluding carboxylic acids is 2. The van der Waals surface area contributed by atoms with Gasteiger partial charge >= 0.3 is 0 Å². The van der Waals surface area contributed by atoms with Gasteiger partial charge in [-0.05, 0) is 43.5 Å². The highest BCUT2D eigenvalue weighted by Crippen LogP contribution is 2.31. The molecule has 8 heteroatoms. The van der Waals surface area contributed by atoms with Gasteiger partial charge in [0.2, 0.25) is 11.8 Å². The number of aromatic nitrogens is 1.